The first kappa shape index (κ1) is 17.5. The van der Waals surface area contributed by atoms with Gasteiger partial charge in [-0.25, -0.2) is 5.43 Å². The lowest BCUT2D eigenvalue weighted by Crippen LogP contribution is -2.17. The third-order valence-electron chi connectivity index (χ3n) is 4.20. The number of hydrogen-bond donors (Lipinski definition) is 2. The van der Waals surface area contributed by atoms with Gasteiger partial charge >= 0.3 is 0 Å². The van der Waals surface area contributed by atoms with Crippen LogP contribution >= 0.6 is 0 Å². The van der Waals surface area contributed by atoms with Gasteiger partial charge in [-0.3, -0.25) is 9.78 Å². The number of benzene rings is 2. The number of hydrogen-bond acceptors (Lipinski definition) is 4. The molecule has 0 saturated heterocycles. The van der Waals surface area contributed by atoms with Crippen LogP contribution in [0.1, 0.15) is 21.6 Å². The molecule has 138 valence electrons. The molecule has 2 aromatic heterocycles. The fourth-order valence-electron chi connectivity index (χ4n) is 2.76. The Hall–Kier alpha value is -3.93. The van der Waals surface area contributed by atoms with Gasteiger partial charge in [0.2, 0.25) is 0 Å². The molecule has 0 unspecified atom stereocenters. The van der Waals surface area contributed by atoms with Crippen molar-refractivity contribution in [2.75, 3.05) is 0 Å². The molecule has 0 bridgehead atoms. The van der Waals surface area contributed by atoms with Crippen LogP contribution in [0.5, 0.6) is 5.75 Å². The average molecular weight is 370 g/mol. The summed E-state index contributed by atoms with van der Waals surface area (Å²) in [5.41, 5.74) is 5.64. The van der Waals surface area contributed by atoms with E-state index in [1.807, 2.05) is 54.6 Å². The minimum atomic E-state index is -0.270. The van der Waals surface area contributed by atoms with E-state index in [4.69, 9.17) is 4.74 Å². The highest BCUT2D eigenvalue weighted by Gasteiger charge is 2.06. The second-order valence-electron chi connectivity index (χ2n) is 6.14. The van der Waals surface area contributed by atoms with Gasteiger partial charge in [0.15, 0.2) is 0 Å². The Morgan fingerprint density at radius 1 is 1.07 bits per heavy atom. The number of hydrazone groups is 1. The number of nitrogens with zero attached hydrogens (tertiary/aromatic N) is 2. The summed E-state index contributed by atoms with van der Waals surface area (Å²) in [6.07, 6.45) is 5.09. The summed E-state index contributed by atoms with van der Waals surface area (Å²) in [6, 6.07) is 20.7. The molecule has 0 radical (unpaired) electrons. The zero-order valence-corrected chi connectivity index (χ0v) is 15.0. The minimum Gasteiger partial charge on any atom is -0.487 e. The average Bonchev–Trinajstić information content (AvgIpc) is 3.26. The summed E-state index contributed by atoms with van der Waals surface area (Å²) >= 11 is 0. The Bertz CT molecular complexity index is 1100. The molecule has 0 saturated carbocycles. The number of rotatable bonds is 6. The van der Waals surface area contributed by atoms with Crippen molar-refractivity contribution in [1.29, 1.82) is 0 Å². The fourth-order valence-corrected chi connectivity index (χ4v) is 2.76. The number of amides is 1. The molecule has 0 atom stereocenters. The summed E-state index contributed by atoms with van der Waals surface area (Å²) in [7, 11) is 0. The third-order valence-corrected chi connectivity index (χ3v) is 4.20. The van der Waals surface area contributed by atoms with Crippen molar-refractivity contribution < 1.29 is 9.53 Å². The fraction of sp³-hybridized carbons (Fsp3) is 0.0455. The lowest BCUT2D eigenvalue weighted by Gasteiger charge is -2.09. The van der Waals surface area contributed by atoms with Crippen LogP contribution in [-0.4, -0.2) is 22.1 Å². The normalized spacial score (nSPS) is 11.0. The van der Waals surface area contributed by atoms with Crippen LogP contribution in [0.2, 0.25) is 0 Å². The second kappa shape index (κ2) is 8.18. The van der Waals surface area contributed by atoms with E-state index < -0.39 is 0 Å². The molecule has 6 nitrogen and oxygen atoms in total. The van der Waals surface area contributed by atoms with Crippen molar-refractivity contribution in [1.82, 2.24) is 15.4 Å². The lowest BCUT2D eigenvalue weighted by molar-refractivity contribution is 0.0955. The molecule has 0 aliphatic carbocycles. The molecular weight excluding hydrogens is 352 g/mol. The SMILES string of the molecule is O=C(NN=Cc1ccc[nH]1)c1ccc(COc2cccc3cccnc23)cc1. The van der Waals surface area contributed by atoms with Gasteiger partial charge in [0.1, 0.15) is 17.9 Å². The number of ether oxygens (including phenoxy) is 1. The molecule has 28 heavy (non-hydrogen) atoms. The van der Waals surface area contributed by atoms with Gasteiger partial charge in [0, 0.05) is 23.3 Å². The van der Waals surface area contributed by atoms with Crippen molar-refractivity contribution in [2.24, 2.45) is 5.10 Å². The molecule has 2 heterocycles. The summed E-state index contributed by atoms with van der Waals surface area (Å²) < 4.78 is 5.92. The zero-order chi connectivity index (χ0) is 19.2. The largest absolute Gasteiger partial charge is 0.487 e. The maximum absolute atomic E-state index is 12.1. The Morgan fingerprint density at radius 3 is 2.75 bits per heavy atom. The standard InChI is InChI=1S/C22H18N4O2/c27-22(26-25-14-19-6-3-12-23-19)18-10-8-16(9-11-18)15-28-20-7-1-4-17-5-2-13-24-21(17)20/h1-14,23H,15H2,(H,26,27). The van der Waals surface area contributed by atoms with Gasteiger partial charge in [-0.2, -0.15) is 5.10 Å². The number of aromatic amines is 1. The first-order valence-electron chi connectivity index (χ1n) is 8.82. The van der Waals surface area contributed by atoms with Crippen LogP contribution in [0.4, 0.5) is 0 Å². The van der Waals surface area contributed by atoms with Gasteiger partial charge in [0.25, 0.3) is 5.91 Å². The number of nitrogens with one attached hydrogen (secondary N) is 2. The molecule has 0 aliphatic heterocycles. The Kier molecular flexibility index (Phi) is 5.11. The molecule has 0 fully saturated rings. The van der Waals surface area contributed by atoms with E-state index in [0.717, 1.165) is 27.9 Å². The molecule has 2 aromatic carbocycles. The van der Waals surface area contributed by atoms with Crippen LogP contribution in [-0.2, 0) is 6.61 Å². The summed E-state index contributed by atoms with van der Waals surface area (Å²) in [6.45, 7) is 0.391. The molecule has 0 aliphatic rings. The number of carbonyl (C=O) groups is 1. The van der Waals surface area contributed by atoms with E-state index in [2.05, 4.69) is 20.5 Å². The van der Waals surface area contributed by atoms with Gasteiger partial charge in [0.05, 0.1) is 11.9 Å². The Morgan fingerprint density at radius 2 is 1.93 bits per heavy atom. The van der Waals surface area contributed by atoms with E-state index in [1.54, 1.807) is 30.7 Å². The Labute approximate surface area is 161 Å². The molecule has 4 rings (SSSR count). The number of para-hydroxylation sites is 1. The van der Waals surface area contributed by atoms with Crippen LogP contribution in [0.3, 0.4) is 0 Å². The third kappa shape index (κ3) is 4.07. The molecule has 0 spiro atoms. The van der Waals surface area contributed by atoms with E-state index in [-0.39, 0.29) is 5.91 Å². The van der Waals surface area contributed by atoms with Crippen LogP contribution in [0.15, 0.2) is 84.2 Å². The Balaban J connectivity index is 1.37. The van der Waals surface area contributed by atoms with Crippen molar-refractivity contribution in [3.8, 4) is 5.75 Å². The number of fused-ring (bicyclic) bond motifs is 1. The van der Waals surface area contributed by atoms with E-state index in [1.165, 1.54) is 0 Å². The highest BCUT2D eigenvalue weighted by molar-refractivity contribution is 5.94. The quantitative estimate of drug-likeness (QED) is 0.399. The van der Waals surface area contributed by atoms with Gasteiger partial charge in [-0.15, -0.1) is 0 Å². The van der Waals surface area contributed by atoms with Crippen LogP contribution in [0, 0.1) is 0 Å². The first-order chi connectivity index (χ1) is 13.8. The number of pyridine rings is 1. The molecular formula is C22H18N4O2. The van der Waals surface area contributed by atoms with E-state index in [9.17, 15) is 4.79 Å². The van der Waals surface area contributed by atoms with Crippen molar-refractivity contribution in [3.63, 3.8) is 0 Å². The number of aromatic nitrogens is 2. The monoisotopic (exact) mass is 370 g/mol. The predicted molar refractivity (Wildman–Crippen MR) is 108 cm³/mol. The maximum atomic E-state index is 12.1. The van der Waals surface area contributed by atoms with Gasteiger partial charge in [-0.05, 0) is 42.0 Å². The highest BCUT2D eigenvalue weighted by atomic mass is 16.5. The zero-order valence-electron chi connectivity index (χ0n) is 15.0. The summed E-state index contributed by atoms with van der Waals surface area (Å²) in [5.74, 6) is 0.465. The molecule has 1 amide bonds. The van der Waals surface area contributed by atoms with Crippen molar-refractivity contribution in [3.05, 3.63) is 95.9 Å². The van der Waals surface area contributed by atoms with E-state index >= 15 is 0 Å². The number of H-pyrrole nitrogens is 1. The second-order valence-corrected chi connectivity index (χ2v) is 6.14. The topological polar surface area (TPSA) is 79.4 Å². The smallest absolute Gasteiger partial charge is 0.271 e. The molecule has 2 N–H and O–H groups in total. The van der Waals surface area contributed by atoms with Gasteiger partial charge in [-0.1, -0.05) is 30.3 Å². The van der Waals surface area contributed by atoms with Gasteiger partial charge < -0.3 is 9.72 Å². The molecule has 6 heteroatoms. The summed E-state index contributed by atoms with van der Waals surface area (Å²) in [5, 5.41) is 4.96. The van der Waals surface area contributed by atoms with Crippen LogP contribution < -0.4 is 10.2 Å². The molecule has 4 aromatic rings. The lowest BCUT2D eigenvalue weighted by atomic mass is 10.1. The first-order valence-corrected chi connectivity index (χ1v) is 8.82. The van der Waals surface area contributed by atoms with E-state index in [0.29, 0.717) is 12.2 Å². The number of carbonyl (C=O) groups excluding carboxylic acids is 1. The maximum Gasteiger partial charge on any atom is 0.271 e. The van der Waals surface area contributed by atoms with Crippen molar-refractivity contribution in [2.45, 2.75) is 6.61 Å². The summed E-state index contributed by atoms with van der Waals surface area (Å²) in [4.78, 5) is 19.5. The highest BCUT2D eigenvalue weighted by Crippen LogP contribution is 2.23. The minimum absolute atomic E-state index is 0.270. The predicted octanol–water partition coefficient (Wildman–Crippen LogP) is 3.91. The van der Waals surface area contributed by atoms with Crippen LogP contribution in [0.25, 0.3) is 10.9 Å². The van der Waals surface area contributed by atoms with Crippen molar-refractivity contribution >= 4 is 23.0 Å².